The lowest BCUT2D eigenvalue weighted by Crippen LogP contribution is -2.17. The lowest BCUT2D eigenvalue weighted by Gasteiger charge is -2.22. The lowest BCUT2D eigenvalue weighted by atomic mass is 9.80. The molecule has 0 aliphatic heterocycles. The van der Waals surface area contributed by atoms with Crippen molar-refractivity contribution < 1.29 is 0 Å². The van der Waals surface area contributed by atoms with Crippen LogP contribution in [0.3, 0.4) is 0 Å². The predicted octanol–water partition coefficient (Wildman–Crippen LogP) is 6.08. The van der Waals surface area contributed by atoms with Crippen molar-refractivity contribution in [3.05, 3.63) is 74.7 Å². The molecule has 0 bridgehead atoms. The van der Waals surface area contributed by atoms with Crippen molar-refractivity contribution in [3.8, 4) is 11.1 Å². The van der Waals surface area contributed by atoms with Gasteiger partial charge in [-0.25, -0.2) is 0 Å². The van der Waals surface area contributed by atoms with E-state index in [1.807, 2.05) is 0 Å². The van der Waals surface area contributed by atoms with Gasteiger partial charge >= 0.3 is 0 Å². The molecule has 0 N–H and O–H groups in total. The normalized spacial score (nSPS) is 14.6. The molecule has 0 atom stereocenters. The summed E-state index contributed by atoms with van der Waals surface area (Å²) in [6.45, 7) is 4.68. The monoisotopic (exact) mass is 462 g/mol. The van der Waals surface area contributed by atoms with Gasteiger partial charge in [-0.1, -0.05) is 61.8 Å². The smallest absolute Gasteiger partial charge is 0.0886 e. The van der Waals surface area contributed by atoms with E-state index < -0.39 is 0 Å². The predicted molar refractivity (Wildman–Crippen MR) is 123 cm³/mol. The van der Waals surface area contributed by atoms with E-state index in [9.17, 15) is 0 Å². The van der Waals surface area contributed by atoms with Gasteiger partial charge < -0.3 is 0 Å². The maximum absolute atomic E-state index is 3.89. The highest BCUT2D eigenvalue weighted by atomic mass is 79.9. The molecule has 126 valence electrons. The first-order chi connectivity index (χ1) is 12.4. The Bertz CT molecular complexity index is 1240. The maximum Gasteiger partial charge on any atom is 0.139 e. The summed E-state index contributed by atoms with van der Waals surface area (Å²) in [5.41, 5.74) is 6.91. The number of hydrogen-bond acceptors (Lipinski definition) is 0. The lowest BCUT2D eigenvalue weighted by molar-refractivity contribution is 0.661. The second-order valence-electron chi connectivity index (χ2n) is 7.79. The highest BCUT2D eigenvalue weighted by Crippen LogP contribution is 2.51. The molecule has 0 fully saturated rings. The minimum Gasteiger partial charge on any atom is -0.0886 e. The molecular formula is C23H17BBr2. The average Bonchev–Trinajstić information content (AvgIpc) is 2.85. The van der Waals surface area contributed by atoms with Gasteiger partial charge in [0.05, 0.1) is 0 Å². The van der Waals surface area contributed by atoms with Crippen LogP contribution in [-0.4, -0.2) is 7.85 Å². The fourth-order valence-electron chi connectivity index (χ4n) is 4.41. The standard InChI is InChI=1S/C23H17BBr2/c1-23(2)19-9-12(24)7-8-13(19)16-10-17-18(11-20(16)23)22(26)15-6-4-3-5-14(15)21(17)25/h3-11H,24H2,1-2H3. The zero-order valence-electron chi connectivity index (χ0n) is 15.0. The Kier molecular flexibility index (Phi) is 3.49. The molecule has 4 aromatic carbocycles. The average molecular weight is 464 g/mol. The molecular weight excluding hydrogens is 447 g/mol. The van der Waals surface area contributed by atoms with Crippen LogP contribution in [0, 0.1) is 0 Å². The van der Waals surface area contributed by atoms with Crippen molar-refractivity contribution in [2.24, 2.45) is 0 Å². The van der Waals surface area contributed by atoms with E-state index in [2.05, 4.69) is 108 Å². The van der Waals surface area contributed by atoms with E-state index in [1.54, 1.807) is 0 Å². The first-order valence-corrected chi connectivity index (χ1v) is 10.4. The summed E-state index contributed by atoms with van der Waals surface area (Å²) in [7, 11) is 2.18. The Morgan fingerprint density at radius 3 is 1.92 bits per heavy atom. The molecule has 0 unspecified atom stereocenters. The zero-order valence-corrected chi connectivity index (χ0v) is 18.1. The van der Waals surface area contributed by atoms with E-state index in [0.717, 1.165) is 0 Å². The number of benzene rings is 4. The summed E-state index contributed by atoms with van der Waals surface area (Å²) >= 11 is 7.77. The highest BCUT2D eigenvalue weighted by Gasteiger charge is 2.36. The molecule has 4 aromatic rings. The second kappa shape index (κ2) is 5.47. The number of hydrogen-bond donors (Lipinski definition) is 0. The molecule has 0 heterocycles. The Morgan fingerprint density at radius 2 is 1.27 bits per heavy atom. The largest absolute Gasteiger partial charge is 0.139 e. The molecule has 1 aliphatic carbocycles. The molecule has 0 spiro atoms. The molecule has 0 saturated heterocycles. The molecule has 0 radical (unpaired) electrons. The Labute approximate surface area is 171 Å². The minimum absolute atomic E-state index is 0.0163. The van der Waals surface area contributed by atoms with Gasteiger partial charge in [-0.2, -0.15) is 0 Å². The highest BCUT2D eigenvalue weighted by molar-refractivity contribution is 9.11. The summed E-state index contributed by atoms with van der Waals surface area (Å²) < 4.78 is 2.35. The number of halogens is 2. The van der Waals surface area contributed by atoms with Gasteiger partial charge in [0.15, 0.2) is 0 Å². The molecule has 0 amide bonds. The van der Waals surface area contributed by atoms with Crippen LogP contribution in [0.5, 0.6) is 0 Å². The number of fused-ring (bicyclic) bond motifs is 5. The van der Waals surface area contributed by atoms with Gasteiger partial charge in [0.25, 0.3) is 0 Å². The zero-order chi connectivity index (χ0) is 18.2. The van der Waals surface area contributed by atoms with E-state index >= 15 is 0 Å². The van der Waals surface area contributed by atoms with E-state index in [1.165, 1.54) is 58.2 Å². The molecule has 26 heavy (non-hydrogen) atoms. The summed E-state index contributed by atoms with van der Waals surface area (Å²) in [4.78, 5) is 0. The summed E-state index contributed by atoms with van der Waals surface area (Å²) in [5, 5.41) is 5.02. The van der Waals surface area contributed by atoms with Crippen molar-refractivity contribution in [2.45, 2.75) is 19.3 Å². The van der Waals surface area contributed by atoms with Gasteiger partial charge in [0.2, 0.25) is 0 Å². The van der Waals surface area contributed by atoms with E-state index in [0.29, 0.717) is 0 Å². The Morgan fingerprint density at radius 1 is 0.692 bits per heavy atom. The van der Waals surface area contributed by atoms with Crippen LogP contribution in [0.25, 0.3) is 32.7 Å². The third-order valence-corrected chi connectivity index (χ3v) is 7.55. The number of rotatable bonds is 0. The van der Waals surface area contributed by atoms with Crippen LogP contribution < -0.4 is 5.46 Å². The van der Waals surface area contributed by atoms with Crippen LogP contribution in [0.15, 0.2) is 63.5 Å². The molecule has 1 aliphatic rings. The minimum atomic E-state index is 0.0163. The van der Waals surface area contributed by atoms with Crippen molar-refractivity contribution in [2.75, 3.05) is 0 Å². The van der Waals surface area contributed by atoms with Crippen LogP contribution >= 0.6 is 31.9 Å². The van der Waals surface area contributed by atoms with Crippen LogP contribution in [-0.2, 0) is 5.41 Å². The topological polar surface area (TPSA) is 0 Å². The fraction of sp³-hybridized carbons (Fsp3) is 0.130. The second-order valence-corrected chi connectivity index (χ2v) is 9.38. The SMILES string of the molecule is Bc1ccc2c(c1)C(C)(C)c1cc3c(Br)c4ccccc4c(Br)c3cc1-2. The van der Waals surface area contributed by atoms with Crippen molar-refractivity contribution in [1.29, 1.82) is 0 Å². The van der Waals surface area contributed by atoms with Crippen molar-refractivity contribution >= 4 is 66.7 Å². The third kappa shape index (κ3) is 2.08. The summed E-state index contributed by atoms with van der Waals surface area (Å²) in [5.74, 6) is 0. The molecule has 5 rings (SSSR count). The first kappa shape index (κ1) is 16.6. The van der Waals surface area contributed by atoms with Crippen molar-refractivity contribution in [1.82, 2.24) is 0 Å². The molecule has 0 saturated carbocycles. The van der Waals surface area contributed by atoms with E-state index in [-0.39, 0.29) is 5.41 Å². The molecule has 3 heteroatoms. The quantitative estimate of drug-likeness (QED) is 0.219. The van der Waals surface area contributed by atoms with E-state index in [4.69, 9.17) is 0 Å². The Balaban J connectivity index is 1.96. The molecule has 0 aromatic heterocycles. The van der Waals surface area contributed by atoms with Gasteiger partial charge in [-0.05, 0) is 87.8 Å². The van der Waals surface area contributed by atoms with Crippen LogP contribution in [0.1, 0.15) is 25.0 Å². The van der Waals surface area contributed by atoms with Crippen molar-refractivity contribution in [3.63, 3.8) is 0 Å². The van der Waals surface area contributed by atoms with Gasteiger partial charge in [-0.15, -0.1) is 0 Å². The van der Waals surface area contributed by atoms with Gasteiger partial charge in [0.1, 0.15) is 7.85 Å². The fourth-order valence-corrected chi connectivity index (χ4v) is 5.76. The summed E-state index contributed by atoms with van der Waals surface area (Å²) in [6.07, 6.45) is 0. The van der Waals surface area contributed by atoms with Gasteiger partial charge in [-0.3, -0.25) is 0 Å². The third-order valence-electron chi connectivity index (χ3n) is 5.84. The maximum atomic E-state index is 3.89. The van der Waals surface area contributed by atoms with Crippen LogP contribution in [0.4, 0.5) is 0 Å². The summed E-state index contributed by atoms with van der Waals surface area (Å²) in [6, 6.07) is 20.2. The Hall–Kier alpha value is -1.58. The molecule has 0 nitrogen and oxygen atoms in total. The first-order valence-electron chi connectivity index (χ1n) is 8.85. The van der Waals surface area contributed by atoms with Crippen LogP contribution in [0.2, 0.25) is 0 Å². The van der Waals surface area contributed by atoms with Gasteiger partial charge in [0, 0.05) is 14.4 Å².